The predicted molar refractivity (Wildman–Crippen MR) is 115 cm³/mol. The first-order valence-corrected chi connectivity index (χ1v) is 11.9. The molecule has 3 atom stereocenters. The van der Waals surface area contributed by atoms with Gasteiger partial charge in [0.25, 0.3) is 5.91 Å². The minimum Gasteiger partial charge on any atom is -0.373 e. The molecule has 4 rings (SSSR count). The molecule has 1 saturated heterocycles. The van der Waals surface area contributed by atoms with Crippen molar-refractivity contribution < 1.29 is 17.9 Å². The van der Waals surface area contributed by atoms with Gasteiger partial charge in [-0.1, -0.05) is 30.3 Å². The van der Waals surface area contributed by atoms with Gasteiger partial charge in [-0.2, -0.15) is 4.31 Å². The molecule has 1 saturated carbocycles. The fourth-order valence-electron chi connectivity index (χ4n) is 4.04. The first kappa shape index (κ1) is 21.0. The van der Waals surface area contributed by atoms with E-state index in [0.29, 0.717) is 24.6 Å². The number of amides is 1. The van der Waals surface area contributed by atoms with Crippen LogP contribution in [0.5, 0.6) is 0 Å². The van der Waals surface area contributed by atoms with E-state index in [9.17, 15) is 13.2 Å². The van der Waals surface area contributed by atoms with Crippen LogP contribution < -0.4 is 5.32 Å². The lowest BCUT2D eigenvalue weighted by molar-refractivity contribution is -0.0440. The summed E-state index contributed by atoms with van der Waals surface area (Å²) in [7, 11) is -3.62. The second-order valence-electron chi connectivity index (χ2n) is 8.30. The molecule has 3 unspecified atom stereocenters. The van der Waals surface area contributed by atoms with E-state index < -0.39 is 10.0 Å². The van der Waals surface area contributed by atoms with Crippen LogP contribution in [0.25, 0.3) is 0 Å². The van der Waals surface area contributed by atoms with Gasteiger partial charge in [0.15, 0.2) is 0 Å². The molecule has 1 aliphatic carbocycles. The summed E-state index contributed by atoms with van der Waals surface area (Å²) in [5, 5.41) is 3.13. The third kappa shape index (κ3) is 4.58. The number of nitrogens with zero attached hydrogens (tertiary/aromatic N) is 1. The van der Waals surface area contributed by atoms with Crippen molar-refractivity contribution in [3.05, 3.63) is 65.7 Å². The summed E-state index contributed by atoms with van der Waals surface area (Å²) in [6.07, 6.45) is 1.91. The second kappa shape index (κ2) is 8.49. The number of carbonyl (C=O) groups excluding carboxylic acids is 1. The number of ether oxygens (including phenoxy) is 1. The Kier molecular flexibility index (Phi) is 5.95. The van der Waals surface area contributed by atoms with Crippen LogP contribution in [0.4, 0.5) is 0 Å². The third-order valence-corrected chi connectivity index (χ3v) is 7.52. The van der Waals surface area contributed by atoms with E-state index in [1.54, 1.807) is 12.1 Å². The monoisotopic (exact) mass is 428 g/mol. The van der Waals surface area contributed by atoms with Crippen LogP contribution in [0.15, 0.2) is 59.5 Å². The van der Waals surface area contributed by atoms with Crippen molar-refractivity contribution >= 4 is 15.9 Å². The minimum atomic E-state index is -3.62. The van der Waals surface area contributed by atoms with Crippen molar-refractivity contribution in [1.29, 1.82) is 0 Å². The molecule has 2 aromatic carbocycles. The van der Waals surface area contributed by atoms with E-state index in [1.807, 2.05) is 44.2 Å². The molecule has 1 aliphatic heterocycles. The molecule has 1 heterocycles. The molecule has 2 aromatic rings. The number of benzene rings is 2. The van der Waals surface area contributed by atoms with Crippen LogP contribution >= 0.6 is 0 Å². The van der Waals surface area contributed by atoms with Gasteiger partial charge < -0.3 is 10.1 Å². The van der Waals surface area contributed by atoms with Gasteiger partial charge in [-0.15, -0.1) is 0 Å². The SMILES string of the molecule is CC1CN(S(=O)(=O)c2ccc(C(=O)NC(c3ccccc3)C3CC3)cc2)CC(C)O1. The Morgan fingerprint density at radius 1 is 1.00 bits per heavy atom. The number of sulfonamides is 1. The van der Waals surface area contributed by atoms with E-state index in [0.717, 1.165) is 18.4 Å². The Hall–Kier alpha value is -2.22. The Labute approximate surface area is 178 Å². The summed E-state index contributed by atoms with van der Waals surface area (Å²) in [6.45, 7) is 4.40. The zero-order valence-electron chi connectivity index (χ0n) is 17.3. The fraction of sp³-hybridized carbons (Fsp3) is 0.435. The summed E-state index contributed by atoms with van der Waals surface area (Å²) in [5.41, 5.74) is 1.56. The van der Waals surface area contributed by atoms with Crippen LogP contribution in [0, 0.1) is 5.92 Å². The number of nitrogens with one attached hydrogen (secondary N) is 1. The molecule has 7 heteroatoms. The summed E-state index contributed by atoms with van der Waals surface area (Å²) in [4.78, 5) is 13.0. The van der Waals surface area contributed by atoms with Crippen molar-refractivity contribution in [1.82, 2.24) is 9.62 Å². The van der Waals surface area contributed by atoms with E-state index in [-0.39, 0.29) is 29.1 Å². The number of morpholine rings is 1. The highest BCUT2D eigenvalue weighted by Crippen LogP contribution is 2.41. The lowest BCUT2D eigenvalue weighted by Gasteiger charge is -2.34. The van der Waals surface area contributed by atoms with Gasteiger partial charge in [0, 0.05) is 18.7 Å². The average molecular weight is 429 g/mol. The molecule has 0 radical (unpaired) electrons. The Morgan fingerprint density at radius 3 is 2.17 bits per heavy atom. The zero-order valence-corrected chi connectivity index (χ0v) is 18.1. The summed E-state index contributed by atoms with van der Waals surface area (Å²) < 4.78 is 33.1. The van der Waals surface area contributed by atoms with Crippen LogP contribution in [-0.4, -0.2) is 43.9 Å². The summed E-state index contributed by atoms with van der Waals surface area (Å²) >= 11 is 0. The summed E-state index contributed by atoms with van der Waals surface area (Å²) in [5.74, 6) is 0.273. The number of hydrogen-bond acceptors (Lipinski definition) is 4. The van der Waals surface area contributed by atoms with Crippen molar-refractivity contribution in [3.63, 3.8) is 0 Å². The first-order chi connectivity index (χ1) is 14.3. The minimum absolute atomic E-state index is 0.0153. The number of rotatable bonds is 6. The molecule has 0 aromatic heterocycles. The summed E-state index contributed by atoms with van der Waals surface area (Å²) in [6, 6.07) is 16.2. The molecule has 6 nitrogen and oxygen atoms in total. The molecule has 2 fully saturated rings. The van der Waals surface area contributed by atoms with Crippen LogP contribution in [-0.2, 0) is 14.8 Å². The Morgan fingerprint density at radius 2 is 1.60 bits per heavy atom. The maximum Gasteiger partial charge on any atom is 0.251 e. The molecule has 0 spiro atoms. The highest BCUT2D eigenvalue weighted by molar-refractivity contribution is 7.89. The average Bonchev–Trinajstić information content (AvgIpc) is 3.57. The van der Waals surface area contributed by atoms with Gasteiger partial charge >= 0.3 is 0 Å². The molecule has 1 N–H and O–H groups in total. The van der Waals surface area contributed by atoms with Gasteiger partial charge in [-0.3, -0.25) is 4.79 Å². The maximum atomic E-state index is 13.0. The van der Waals surface area contributed by atoms with Gasteiger partial charge in [-0.05, 0) is 62.4 Å². The first-order valence-electron chi connectivity index (χ1n) is 10.5. The predicted octanol–water partition coefficient (Wildman–Crippen LogP) is 3.37. The van der Waals surface area contributed by atoms with Crippen molar-refractivity contribution in [2.45, 2.75) is 49.8 Å². The van der Waals surface area contributed by atoms with Crippen LogP contribution in [0.3, 0.4) is 0 Å². The standard InChI is InChI=1S/C23H28N2O4S/c1-16-14-25(15-17(2)29-16)30(27,28)21-12-10-20(11-13-21)23(26)24-22(19-8-9-19)18-6-4-3-5-7-18/h3-7,10-13,16-17,19,22H,8-9,14-15H2,1-2H3,(H,24,26). The fourth-order valence-corrected chi connectivity index (χ4v) is 5.63. The molecule has 1 amide bonds. The van der Waals surface area contributed by atoms with Crippen LogP contribution in [0.1, 0.15) is 48.7 Å². The van der Waals surface area contributed by atoms with Gasteiger partial charge in [0.1, 0.15) is 0 Å². The quantitative estimate of drug-likeness (QED) is 0.766. The maximum absolute atomic E-state index is 13.0. The second-order valence-corrected chi connectivity index (χ2v) is 10.2. The molecule has 30 heavy (non-hydrogen) atoms. The van der Waals surface area contributed by atoms with Gasteiger partial charge in [-0.25, -0.2) is 8.42 Å². The highest BCUT2D eigenvalue weighted by Gasteiger charge is 2.34. The molecular weight excluding hydrogens is 400 g/mol. The number of carbonyl (C=O) groups is 1. The molecule has 0 bridgehead atoms. The van der Waals surface area contributed by atoms with Crippen molar-refractivity contribution in [2.75, 3.05) is 13.1 Å². The van der Waals surface area contributed by atoms with E-state index in [4.69, 9.17) is 4.74 Å². The molecule has 160 valence electrons. The van der Waals surface area contributed by atoms with E-state index in [1.165, 1.54) is 16.4 Å². The molecule has 2 aliphatic rings. The van der Waals surface area contributed by atoms with Gasteiger partial charge in [0.2, 0.25) is 10.0 Å². The topological polar surface area (TPSA) is 75.7 Å². The largest absolute Gasteiger partial charge is 0.373 e. The molecular formula is C23H28N2O4S. The van der Waals surface area contributed by atoms with Gasteiger partial charge in [0.05, 0.1) is 23.1 Å². The van der Waals surface area contributed by atoms with Crippen molar-refractivity contribution in [3.8, 4) is 0 Å². The number of hydrogen-bond donors (Lipinski definition) is 1. The normalized spacial score (nSPS) is 23.7. The Bertz CT molecular complexity index is 978. The lowest BCUT2D eigenvalue weighted by Crippen LogP contribution is -2.48. The lowest BCUT2D eigenvalue weighted by atomic mass is 10.0. The smallest absolute Gasteiger partial charge is 0.251 e. The van der Waals surface area contributed by atoms with Crippen molar-refractivity contribution in [2.24, 2.45) is 5.92 Å². The highest BCUT2D eigenvalue weighted by atomic mass is 32.2. The zero-order chi connectivity index (χ0) is 21.3. The van der Waals surface area contributed by atoms with E-state index >= 15 is 0 Å². The van der Waals surface area contributed by atoms with E-state index in [2.05, 4.69) is 5.32 Å². The third-order valence-electron chi connectivity index (χ3n) is 5.68. The van der Waals surface area contributed by atoms with Crippen LogP contribution in [0.2, 0.25) is 0 Å². The Balaban J connectivity index is 1.48.